The molecule has 1 N–H and O–H groups in total. The summed E-state index contributed by atoms with van der Waals surface area (Å²) in [6.07, 6.45) is -1.47. The zero-order valence-electron chi connectivity index (χ0n) is 10.8. The molecule has 0 fully saturated rings. The van der Waals surface area contributed by atoms with E-state index in [4.69, 9.17) is 5.11 Å². The number of aliphatic carboxylic acids is 1. The second kappa shape index (κ2) is 6.37. The Morgan fingerprint density at radius 1 is 1.14 bits per heavy atom. The molecule has 0 spiro atoms. The predicted molar refractivity (Wildman–Crippen MR) is 69.8 cm³/mol. The molecule has 0 aliphatic heterocycles. The van der Waals surface area contributed by atoms with E-state index < -0.39 is 27.8 Å². The maximum Gasteiger partial charge on any atom is 0.512 e. The van der Waals surface area contributed by atoms with Gasteiger partial charge in [-0.3, -0.25) is 25.0 Å². The largest absolute Gasteiger partial charge is 0.512 e. The molecule has 110 valence electrons. The summed E-state index contributed by atoms with van der Waals surface area (Å²) in [5.41, 5.74) is -0.762. The number of nitrogens with zero attached hydrogens (tertiary/aromatic N) is 2. The van der Waals surface area contributed by atoms with Crippen LogP contribution >= 0.6 is 0 Å². The Kier molecular flexibility index (Phi) is 4.84. The van der Waals surface area contributed by atoms with Gasteiger partial charge in [0.05, 0.1) is 5.57 Å². The van der Waals surface area contributed by atoms with Crippen LogP contribution in [0.5, 0.6) is 0 Å². The Hall–Kier alpha value is -3.10. The third-order valence-corrected chi connectivity index (χ3v) is 2.64. The quantitative estimate of drug-likeness (QED) is 0.273. The summed E-state index contributed by atoms with van der Waals surface area (Å²) in [5, 5.41) is 30.3. The van der Waals surface area contributed by atoms with Crippen LogP contribution in [-0.2, 0) is 4.79 Å². The molecular weight excluding hydrogens is 284 g/mol. The lowest BCUT2D eigenvalue weighted by molar-refractivity contribution is -0.721. The van der Waals surface area contributed by atoms with Crippen LogP contribution in [0.1, 0.15) is 22.8 Å². The maximum absolute atomic E-state index is 12.0. The second-order valence-corrected chi connectivity index (χ2v) is 3.86. The van der Waals surface area contributed by atoms with Gasteiger partial charge in [-0.25, -0.2) is 4.79 Å². The minimum Gasteiger partial charge on any atom is -0.478 e. The number of carboxylic acids is 1. The van der Waals surface area contributed by atoms with Gasteiger partial charge in [0.25, 0.3) is 0 Å². The lowest BCUT2D eigenvalue weighted by Gasteiger charge is -2.08. The average Bonchev–Trinajstić information content (AvgIpc) is 2.38. The Labute approximate surface area is 117 Å². The van der Waals surface area contributed by atoms with Crippen molar-refractivity contribution in [1.82, 2.24) is 0 Å². The molecule has 9 heteroatoms. The number of benzene rings is 1. The molecular formula is C12H10N2O7. The lowest BCUT2D eigenvalue weighted by atomic mass is 9.96. The van der Waals surface area contributed by atoms with E-state index in [0.29, 0.717) is 0 Å². The highest BCUT2D eigenvalue weighted by Crippen LogP contribution is 2.21. The van der Waals surface area contributed by atoms with Crippen molar-refractivity contribution in [1.29, 1.82) is 0 Å². The smallest absolute Gasteiger partial charge is 0.478 e. The topological polar surface area (TPSA) is 141 Å². The minimum atomic E-state index is -2.67. The summed E-state index contributed by atoms with van der Waals surface area (Å²) in [5.74, 6) is -2.72. The molecule has 0 bridgehead atoms. The van der Waals surface area contributed by atoms with Crippen LogP contribution in [0.25, 0.3) is 5.57 Å². The van der Waals surface area contributed by atoms with Gasteiger partial charge in [0.15, 0.2) is 0 Å². The van der Waals surface area contributed by atoms with E-state index in [2.05, 4.69) is 0 Å². The van der Waals surface area contributed by atoms with Crippen molar-refractivity contribution >= 4 is 17.3 Å². The van der Waals surface area contributed by atoms with E-state index in [-0.39, 0.29) is 16.7 Å². The molecule has 0 heterocycles. The number of carbonyl (C=O) groups is 2. The van der Waals surface area contributed by atoms with Crippen molar-refractivity contribution in [2.24, 2.45) is 0 Å². The van der Waals surface area contributed by atoms with Crippen molar-refractivity contribution in [3.8, 4) is 0 Å². The van der Waals surface area contributed by atoms with Gasteiger partial charge < -0.3 is 5.11 Å². The number of Topliss-reactive ketones (excluding diaryl/α,β-unsaturated/α-hetero) is 1. The fourth-order valence-electron chi connectivity index (χ4n) is 1.73. The van der Waals surface area contributed by atoms with Crippen molar-refractivity contribution in [3.63, 3.8) is 0 Å². The Bertz CT molecular complexity index is 637. The zero-order valence-corrected chi connectivity index (χ0v) is 10.8. The molecule has 1 aromatic rings. The van der Waals surface area contributed by atoms with E-state index >= 15 is 0 Å². The highest BCUT2D eigenvalue weighted by Gasteiger charge is 2.43. The number of hydrogen-bond donors (Lipinski definition) is 1. The van der Waals surface area contributed by atoms with E-state index in [1.54, 1.807) is 0 Å². The van der Waals surface area contributed by atoms with Crippen LogP contribution in [0.3, 0.4) is 0 Å². The molecule has 0 aromatic heterocycles. The third-order valence-electron chi connectivity index (χ3n) is 2.64. The van der Waals surface area contributed by atoms with Gasteiger partial charge in [-0.1, -0.05) is 30.3 Å². The zero-order chi connectivity index (χ0) is 16.2. The summed E-state index contributed by atoms with van der Waals surface area (Å²) in [4.78, 5) is 41.7. The monoisotopic (exact) mass is 294 g/mol. The molecule has 0 aliphatic rings. The van der Waals surface area contributed by atoms with Gasteiger partial charge in [-0.2, -0.15) is 0 Å². The summed E-state index contributed by atoms with van der Waals surface area (Å²) < 4.78 is 0. The van der Waals surface area contributed by atoms with E-state index in [0.717, 1.165) is 6.07 Å². The number of allylic oxidation sites excluding steroid dienone is 1. The van der Waals surface area contributed by atoms with Gasteiger partial charge >= 0.3 is 17.9 Å². The van der Waals surface area contributed by atoms with Crippen LogP contribution in [0.4, 0.5) is 0 Å². The molecule has 1 rings (SSSR count). The first-order valence-electron chi connectivity index (χ1n) is 5.61. The third kappa shape index (κ3) is 3.26. The van der Waals surface area contributed by atoms with E-state index in [1.165, 1.54) is 31.2 Å². The SMILES string of the molecule is CC=C(C(=O)O)c1ccccc1C(=O)C([N+](=O)[O-])[N+](=O)[O-]. The minimum absolute atomic E-state index is 0.105. The highest BCUT2D eigenvalue weighted by molar-refractivity contribution is 6.18. The van der Waals surface area contributed by atoms with E-state index in [9.17, 15) is 29.8 Å². The Morgan fingerprint density at radius 2 is 1.62 bits per heavy atom. The van der Waals surface area contributed by atoms with Gasteiger partial charge in [0.2, 0.25) is 0 Å². The molecule has 0 saturated heterocycles. The molecule has 0 atom stereocenters. The Morgan fingerprint density at radius 3 is 2.00 bits per heavy atom. The van der Waals surface area contributed by atoms with Crippen LogP contribution < -0.4 is 0 Å². The van der Waals surface area contributed by atoms with Crippen LogP contribution in [0, 0.1) is 20.2 Å². The Balaban J connectivity index is 3.45. The van der Waals surface area contributed by atoms with E-state index in [1.807, 2.05) is 0 Å². The summed E-state index contributed by atoms with van der Waals surface area (Å²) in [7, 11) is 0. The fourth-order valence-corrected chi connectivity index (χ4v) is 1.73. The normalized spacial score (nSPS) is 11.2. The van der Waals surface area contributed by atoms with Gasteiger partial charge in [-0.05, 0) is 12.5 Å². The lowest BCUT2D eigenvalue weighted by Crippen LogP contribution is -2.37. The van der Waals surface area contributed by atoms with Crippen LogP contribution in [0.2, 0.25) is 0 Å². The van der Waals surface area contributed by atoms with Crippen molar-refractivity contribution in [3.05, 3.63) is 61.7 Å². The van der Waals surface area contributed by atoms with Crippen molar-refractivity contribution < 1.29 is 24.5 Å². The number of ketones is 1. The summed E-state index contributed by atoms with van der Waals surface area (Å²) in [6, 6.07) is 5.13. The predicted octanol–water partition coefficient (Wildman–Crippen LogP) is 1.24. The molecule has 0 amide bonds. The first-order valence-corrected chi connectivity index (χ1v) is 5.61. The molecule has 0 radical (unpaired) electrons. The molecule has 0 unspecified atom stereocenters. The number of rotatable bonds is 6. The molecule has 0 aliphatic carbocycles. The van der Waals surface area contributed by atoms with Gasteiger partial charge in [0.1, 0.15) is 9.85 Å². The summed E-state index contributed by atoms with van der Waals surface area (Å²) in [6.45, 7) is 1.41. The van der Waals surface area contributed by atoms with Crippen molar-refractivity contribution in [2.75, 3.05) is 0 Å². The fraction of sp³-hybridized carbons (Fsp3) is 0.167. The number of carboxylic acid groups (broad SMARTS) is 1. The first kappa shape index (κ1) is 16.0. The number of carbonyl (C=O) groups excluding carboxylic acids is 1. The van der Waals surface area contributed by atoms with Crippen LogP contribution in [0.15, 0.2) is 30.3 Å². The second-order valence-electron chi connectivity index (χ2n) is 3.86. The van der Waals surface area contributed by atoms with Crippen molar-refractivity contribution in [2.45, 2.75) is 13.1 Å². The molecule has 9 nitrogen and oxygen atoms in total. The maximum atomic E-state index is 12.0. The van der Waals surface area contributed by atoms with Gasteiger partial charge in [-0.15, -0.1) is 0 Å². The number of hydrogen-bond acceptors (Lipinski definition) is 6. The molecule has 0 saturated carbocycles. The average molecular weight is 294 g/mol. The highest BCUT2D eigenvalue weighted by atomic mass is 16.7. The van der Waals surface area contributed by atoms with Gasteiger partial charge in [0, 0.05) is 5.56 Å². The van der Waals surface area contributed by atoms with Crippen LogP contribution in [-0.4, -0.2) is 32.9 Å². The summed E-state index contributed by atoms with van der Waals surface area (Å²) >= 11 is 0. The molecule has 21 heavy (non-hydrogen) atoms. The number of nitro groups is 2. The standard InChI is InChI=1S/C12H10N2O7/c1-2-7(12(16)17)8-5-3-4-6-9(8)10(15)11(13(18)19)14(20)21/h2-6,11H,1H3,(H,16,17). The first-order chi connectivity index (χ1) is 9.81. The molecule has 1 aromatic carbocycles.